The van der Waals surface area contributed by atoms with Crippen molar-refractivity contribution in [2.75, 3.05) is 32.7 Å². The predicted molar refractivity (Wildman–Crippen MR) is 112 cm³/mol. The van der Waals surface area contributed by atoms with Gasteiger partial charge < -0.3 is 14.1 Å². The molecule has 0 spiro atoms. The van der Waals surface area contributed by atoms with E-state index in [1.165, 1.54) is 24.7 Å². The number of amides is 1. The number of nitrogens with zero attached hydrogens (tertiary/aromatic N) is 2. The fourth-order valence-electron chi connectivity index (χ4n) is 6.43. The molecule has 2 saturated carbocycles. The second kappa shape index (κ2) is 7.56. The van der Waals surface area contributed by atoms with Crippen LogP contribution in [0.1, 0.15) is 49.6 Å². The normalized spacial score (nSPS) is 36.9. The molecule has 0 aromatic carbocycles. The molecule has 5 rings (SSSR count). The molecule has 1 aromatic rings. The van der Waals surface area contributed by atoms with Crippen LogP contribution in [0.4, 0.5) is 0 Å². The highest BCUT2D eigenvalue weighted by molar-refractivity contribution is 5.91. The number of hydrogen-bond acceptors (Lipinski definition) is 5. The van der Waals surface area contributed by atoms with E-state index in [0.29, 0.717) is 30.7 Å². The van der Waals surface area contributed by atoms with Crippen molar-refractivity contribution in [3.63, 3.8) is 0 Å². The van der Waals surface area contributed by atoms with E-state index >= 15 is 0 Å². The Morgan fingerprint density at radius 1 is 1.30 bits per heavy atom. The van der Waals surface area contributed by atoms with Gasteiger partial charge in [0, 0.05) is 38.6 Å². The van der Waals surface area contributed by atoms with Gasteiger partial charge in [0.05, 0.1) is 12.2 Å². The van der Waals surface area contributed by atoms with E-state index in [4.69, 9.17) is 9.15 Å². The highest BCUT2D eigenvalue weighted by Crippen LogP contribution is 2.56. The van der Waals surface area contributed by atoms with Crippen LogP contribution < -0.4 is 0 Å². The summed E-state index contributed by atoms with van der Waals surface area (Å²) in [5, 5.41) is 0. The maximum Gasteiger partial charge on any atom is 0.310 e. The molecular formula is C24H32N2O4. The van der Waals surface area contributed by atoms with Gasteiger partial charge >= 0.3 is 5.97 Å². The van der Waals surface area contributed by atoms with Crippen molar-refractivity contribution in [1.82, 2.24) is 9.80 Å². The van der Waals surface area contributed by atoms with Crippen molar-refractivity contribution in [3.05, 3.63) is 36.3 Å². The number of hydrogen-bond donors (Lipinski definition) is 0. The number of piperazine rings is 1. The topological polar surface area (TPSA) is 63.0 Å². The summed E-state index contributed by atoms with van der Waals surface area (Å²) in [6.45, 7) is 10.4. The number of ether oxygens (including phenoxy) is 1. The molecular weight excluding hydrogens is 380 g/mol. The van der Waals surface area contributed by atoms with Gasteiger partial charge in [-0.05, 0) is 55.6 Å². The summed E-state index contributed by atoms with van der Waals surface area (Å²) in [6, 6.07) is 3.45. The van der Waals surface area contributed by atoms with Crippen molar-refractivity contribution < 1.29 is 18.7 Å². The third kappa shape index (κ3) is 3.39. The zero-order chi connectivity index (χ0) is 20.9. The molecule has 3 heterocycles. The molecule has 162 valence electrons. The van der Waals surface area contributed by atoms with Crippen molar-refractivity contribution in [2.24, 2.45) is 23.2 Å². The zero-order valence-electron chi connectivity index (χ0n) is 17.8. The van der Waals surface area contributed by atoms with E-state index in [2.05, 4.69) is 18.4 Å². The van der Waals surface area contributed by atoms with Gasteiger partial charge in [-0.2, -0.15) is 0 Å². The maximum absolute atomic E-state index is 12.8. The van der Waals surface area contributed by atoms with Crippen molar-refractivity contribution in [3.8, 4) is 0 Å². The van der Waals surface area contributed by atoms with Gasteiger partial charge in [0.1, 0.15) is 6.10 Å². The first-order valence-corrected chi connectivity index (χ1v) is 11.4. The number of rotatable bonds is 3. The van der Waals surface area contributed by atoms with Crippen LogP contribution in [0.2, 0.25) is 0 Å². The number of carbonyl (C=O) groups is 2. The molecule has 1 aromatic heterocycles. The van der Waals surface area contributed by atoms with Crippen LogP contribution in [-0.2, 0) is 9.53 Å². The molecule has 0 bridgehead atoms. The molecule has 2 aliphatic carbocycles. The maximum atomic E-state index is 12.8. The third-order valence-corrected chi connectivity index (χ3v) is 8.17. The van der Waals surface area contributed by atoms with Gasteiger partial charge in [-0.3, -0.25) is 14.5 Å². The monoisotopic (exact) mass is 412 g/mol. The van der Waals surface area contributed by atoms with Crippen molar-refractivity contribution >= 4 is 11.9 Å². The smallest absolute Gasteiger partial charge is 0.310 e. The molecule has 30 heavy (non-hydrogen) atoms. The Kier molecular flexibility index (Phi) is 5.00. The second-order valence-electron chi connectivity index (χ2n) is 9.97. The Morgan fingerprint density at radius 2 is 2.10 bits per heavy atom. The van der Waals surface area contributed by atoms with Crippen LogP contribution in [0.25, 0.3) is 0 Å². The molecule has 0 radical (unpaired) electrons. The van der Waals surface area contributed by atoms with Crippen LogP contribution >= 0.6 is 0 Å². The Morgan fingerprint density at radius 3 is 2.83 bits per heavy atom. The standard InChI is InChI=1S/C24H32N2O4/c1-16-5-3-7-24(2)14-21-17(13-19(16)24)18(23(28)30-21)15-25-8-10-26(11-9-25)22(27)20-6-4-12-29-20/h4,6,12,17-19,21H,1,3,5,7-11,13-15H2,2H3/t17-,18+,19-,21-,24-/m1/s1. The molecule has 2 aliphatic heterocycles. The average molecular weight is 413 g/mol. The average Bonchev–Trinajstić information content (AvgIpc) is 3.35. The lowest BCUT2D eigenvalue weighted by Gasteiger charge is -2.50. The SMILES string of the molecule is C=C1CCC[C@]2(C)C[C@H]3OC(=O)[C@@H](CN4CCN(C(=O)c5ccco5)CC4)[C@H]3C[C@H]12. The summed E-state index contributed by atoms with van der Waals surface area (Å²) in [5.41, 5.74) is 1.62. The second-order valence-corrected chi connectivity index (χ2v) is 9.97. The van der Waals surface area contributed by atoms with E-state index in [-0.39, 0.29) is 29.3 Å². The summed E-state index contributed by atoms with van der Waals surface area (Å²) in [6.07, 6.45) is 7.17. The molecule has 2 saturated heterocycles. The number of carbonyl (C=O) groups excluding carboxylic acids is 2. The summed E-state index contributed by atoms with van der Waals surface area (Å²) in [7, 11) is 0. The lowest BCUT2D eigenvalue weighted by molar-refractivity contribution is -0.146. The van der Waals surface area contributed by atoms with Gasteiger partial charge in [-0.15, -0.1) is 0 Å². The quantitative estimate of drug-likeness (QED) is 0.563. The number of fused-ring (bicyclic) bond motifs is 2. The van der Waals surface area contributed by atoms with Crippen LogP contribution in [0.5, 0.6) is 0 Å². The van der Waals surface area contributed by atoms with Gasteiger partial charge in [-0.25, -0.2) is 0 Å². The Bertz CT molecular complexity index is 826. The minimum Gasteiger partial charge on any atom is -0.462 e. The first-order valence-electron chi connectivity index (χ1n) is 11.4. The molecule has 4 aliphatic rings. The Balaban J connectivity index is 1.21. The summed E-state index contributed by atoms with van der Waals surface area (Å²) >= 11 is 0. The van der Waals surface area contributed by atoms with E-state index in [9.17, 15) is 9.59 Å². The minimum atomic E-state index is -0.0541. The minimum absolute atomic E-state index is 0.0213. The van der Waals surface area contributed by atoms with Gasteiger partial charge in [0.15, 0.2) is 5.76 Å². The summed E-state index contributed by atoms with van der Waals surface area (Å²) in [4.78, 5) is 29.4. The lowest BCUT2D eigenvalue weighted by Crippen LogP contribution is -2.51. The molecule has 6 heteroatoms. The summed E-state index contributed by atoms with van der Waals surface area (Å²) < 4.78 is 11.1. The largest absolute Gasteiger partial charge is 0.462 e. The van der Waals surface area contributed by atoms with Crippen LogP contribution in [0.15, 0.2) is 35.0 Å². The molecule has 1 amide bonds. The molecule has 5 atom stereocenters. The van der Waals surface area contributed by atoms with E-state index in [1.54, 1.807) is 12.1 Å². The Hall–Kier alpha value is -2.08. The fourth-order valence-corrected chi connectivity index (χ4v) is 6.43. The van der Waals surface area contributed by atoms with Crippen molar-refractivity contribution in [1.29, 1.82) is 0 Å². The van der Waals surface area contributed by atoms with E-state index in [0.717, 1.165) is 38.9 Å². The van der Waals surface area contributed by atoms with E-state index in [1.807, 2.05) is 4.90 Å². The zero-order valence-corrected chi connectivity index (χ0v) is 17.8. The predicted octanol–water partition coefficient (Wildman–Crippen LogP) is 3.35. The molecule has 6 nitrogen and oxygen atoms in total. The fraction of sp³-hybridized carbons (Fsp3) is 0.667. The van der Waals surface area contributed by atoms with Gasteiger partial charge in [0.2, 0.25) is 0 Å². The van der Waals surface area contributed by atoms with Crippen LogP contribution in [-0.4, -0.2) is 60.5 Å². The van der Waals surface area contributed by atoms with Gasteiger partial charge in [-0.1, -0.05) is 19.1 Å². The highest BCUT2D eigenvalue weighted by Gasteiger charge is 2.55. The third-order valence-electron chi connectivity index (χ3n) is 8.17. The Labute approximate surface area is 178 Å². The summed E-state index contributed by atoms with van der Waals surface area (Å²) in [5.74, 6) is 1.08. The number of furan rings is 1. The first-order chi connectivity index (χ1) is 14.4. The molecule has 4 fully saturated rings. The molecule has 0 unspecified atom stereocenters. The van der Waals surface area contributed by atoms with Crippen LogP contribution in [0, 0.1) is 23.2 Å². The first kappa shape index (κ1) is 19.9. The highest BCUT2D eigenvalue weighted by atomic mass is 16.6. The van der Waals surface area contributed by atoms with Crippen LogP contribution in [0.3, 0.4) is 0 Å². The van der Waals surface area contributed by atoms with E-state index < -0.39 is 0 Å². The number of esters is 1. The van der Waals surface area contributed by atoms with Gasteiger partial charge in [0.25, 0.3) is 5.91 Å². The number of allylic oxidation sites excluding steroid dienone is 1. The van der Waals surface area contributed by atoms with Crippen molar-refractivity contribution in [2.45, 2.75) is 45.1 Å². The lowest BCUT2D eigenvalue weighted by atomic mass is 9.55. The molecule has 0 N–H and O–H groups in total.